The van der Waals surface area contributed by atoms with Crippen LogP contribution in [0.5, 0.6) is 0 Å². The van der Waals surface area contributed by atoms with Crippen LogP contribution in [0.2, 0.25) is 0 Å². The van der Waals surface area contributed by atoms with Crippen molar-refractivity contribution in [3.8, 4) is 0 Å². The van der Waals surface area contributed by atoms with Crippen molar-refractivity contribution in [2.75, 3.05) is 5.32 Å². The second-order valence-electron chi connectivity index (χ2n) is 7.64. The highest BCUT2D eigenvalue weighted by Crippen LogP contribution is 2.42. The molecule has 2 N–H and O–H groups in total. The van der Waals surface area contributed by atoms with Crippen LogP contribution in [0.25, 0.3) is 0 Å². The van der Waals surface area contributed by atoms with E-state index in [2.05, 4.69) is 10.6 Å². The Morgan fingerprint density at radius 3 is 2.59 bits per heavy atom. The predicted molar refractivity (Wildman–Crippen MR) is 111 cm³/mol. The molecule has 1 atom stereocenters. The van der Waals surface area contributed by atoms with E-state index in [0.29, 0.717) is 23.3 Å². The monoisotopic (exact) mass is 390 g/mol. The highest BCUT2D eigenvalue weighted by Gasteiger charge is 2.38. The number of carbonyl (C=O) groups is 2. The summed E-state index contributed by atoms with van der Waals surface area (Å²) in [6.07, 6.45) is 2.09. The number of dihydropyridines is 1. The van der Waals surface area contributed by atoms with E-state index in [1.807, 2.05) is 38.1 Å². The van der Waals surface area contributed by atoms with E-state index >= 15 is 0 Å². The fourth-order valence-electron chi connectivity index (χ4n) is 4.14. The van der Waals surface area contributed by atoms with Crippen molar-refractivity contribution in [3.63, 3.8) is 0 Å². The molecule has 0 saturated heterocycles. The summed E-state index contributed by atoms with van der Waals surface area (Å²) >= 11 is 0. The molecule has 2 aromatic rings. The number of allylic oxidation sites excluding steroid dienone is 3. The lowest BCUT2D eigenvalue weighted by atomic mass is 9.75. The number of benzene rings is 2. The molecule has 1 unspecified atom stereocenters. The topological polar surface area (TPSA) is 58.2 Å². The Kier molecular flexibility index (Phi) is 5.05. The standard InChI is InChI=1S/C24H23FN2O2/c1-14-9-11-16(12-10-14)22-21(24(29)27-18-6-3-5-17(25)13-18)15(2)26-19-7-4-8-20(28)23(19)22/h3,5-6,9-13,22,26H,4,7-8H2,1-2H3,(H,27,29). The summed E-state index contributed by atoms with van der Waals surface area (Å²) in [5.41, 5.74) is 5.20. The number of nitrogens with one attached hydrogen (secondary N) is 2. The van der Waals surface area contributed by atoms with Gasteiger partial charge in [-0.3, -0.25) is 9.59 Å². The van der Waals surface area contributed by atoms with Crippen LogP contribution in [0.3, 0.4) is 0 Å². The Bertz CT molecular complexity index is 1050. The molecule has 1 aliphatic heterocycles. The van der Waals surface area contributed by atoms with Gasteiger partial charge in [0.25, 0.3) is 5.91 Å². The maximum atomic E-state index is 13.6. The van der Waals surface area contributed by atoms with E-state index < -0.39 is 11.7 Å². The van der Waals surface area contributed by atoms with Gasteiger partial charge < -0.3 is 10.6 Å². The lowest BCUT2D eigenvalue weighted by molar-refractivity contribution is -0.116. The normalized spacial score (nSPS) is 19.0. The molecule has 0 aromatic heterocycles. The molecule has 0 spiro atoms. The summed E-state index contributed by atoms with van der Waals surface area (Å²) < 4.78 is 13.6. The van der Waals surface area contributed by atoms with Crippen LogP contribution in [-0.4, -0.2) is 11.7 Å². The van der Waals surface area contributed by atoms with Gasteiger partial charge in [0.2, 0.25) is 0 Å². The number of carbonyl (C=O) groups excluding carboxylic acids is 2. The van der Waals surface area contributed by atoms with Gasteiger partial charge in [-0.15, -0.1) is 0 Å². The minimum atomic E-state index is -0.437. The smallest absolute Gasteiger partial charge is 0.254 e. The second kappa shape index (κ2) is 7.66. The number of hydrogen-bond acceptors (Lipinski definition) is 3. The van der Waals surface area contributed by atoms with E-state index in [4.69, 9.17) is 0 Å². The Labute approximate surface area is 169 Å². The highest BCUT2D eigenvalue weighted by molar-refractivity contribution is 6.09. The highest BCUT2D eigenvalue weighted by atomic mass is 19.1. The summed E-state index contributed by atoms with van der Waals surface area (Å²) in [7, 11) is 0. The van der Waals surface area contributed by atoms with E-state index in [9.17, 15) is 14.0 Å². The number of Topliss-reactive ketones (excluding diaryl/α,β-unsaturated/α-hetero) is 1. The molecule has 148 valence electrons. The van der Waals surface area contributed by atoms with Crippen LogP contribution in [0, 0.1) is 12.7 Å². The number of ketones is 1. The zero-order valence-corrected chi connectivity index (χ0v) is 16.5. The summed E-state index contributed by atoms with van der Waals surface area (Å²) in [5.74, 6) is -1.12. The summed E-state index contributed by atoms with van der Waals surface area (Å²) in [6, 6.07) is 13.7. The van der Waals surface area contributed by atoms with E-state index in [-0.39, 0.29) is 11.7 Å². The number of aryl methyl sites for hydroxylation is 1. The van der Waals surface area contributed by atoms with Gasteiger partial charge in [-0.2, -0.15) is 0 Å². The zero-order valence-electron chi connectivity index (χ0n) is 16.5. The Morgan fingerprint density at radius 2 is 1.86 bits per heavy atom. The van der Waals surface area contributed by atoms with Gasteiger partial charge in [-0.25, -0.2) is 4.39 Å². The molecule has 5 heteroatoms. The third-order valence-electron chi connectivity index (χ3n) is 5.51. The van der Waals surface area contributed by atoms with E-state index in [1.165, 1.54) is 12.1 Å². The molecule has 1 aliphatic carbocycles. The summed E-state index contributed by atoms with van der Waals surface area (Å²) in [6.45, 7) is 3.85. The van der Waals surface area contributed by atoms with Crippen LogP contribution in [-0.2, 0) is 9.59 Å². The van der Waals surface area contributed by atoms with Crippen molar-refractivity contribution in [2.45, 2.75) is 39.0 Å². The van der Waals surface area contributed by atoms with Crippen molar-refractivity contribution < 1.29 is 14.0 Å². The number of halogens is 1. The van der Waals surface area contributed by atoms with Gasteiger partial charge in [-0.05, 0) is 50.5 Å². The third-order valence-corrected chi connectivity index (χ3v) is 5.51. The first-order valence-corrected chi connectivity index (χ1v) is 9.81. The molecule has 4 nitrogen and oxygen atoms in total. The molecule has 29 heavy (non-hydrogen) atoms. The van der Waals surface area contributed by atoms with Crippen molar-refractivity contribution in [1.82, 2.24) is 5.32 Å². The fraction of sp³-hybridized carbons (Fsp3) is 0.250. The van der Waals surface area contributed by atoms with Crippen molar-refractivity contribution >= 4 is 17.4 Å². The second-order valence-corrected chi connectivity index (χ2v) is 7.64. The van der Waals surface area contributed by atoms with Gasteiger partial charge in [0.15, 0.2) is 5.78 Å². The average Bonchev–Trinajstić information content (AvgIpc) is 2.67. The maximum Gasteiger partial charge on any atom is 0.254 e. The number of anilines is 1. The molecule has 1 amide bonds. The molecule has 0 saturated carbocycles. The van der Waals surface area contributed by atoms with Crippen LogP contribution in [0.15, 0.2) is 71.1 Å². The largest absolute Gasteiger partial charge is 0.362 e. The predicted octanol–water partition coefficient (Wildman–Crippen LogP) is 4.74. The summed E-state index contributed by atoms with van der Waals surface area (Å²) in [5, 5.41) is 6.09. The first-order valence-electron chi connectivity index (χ1n) is 9.81. The van der Waals surface area contributed by atoms with Gasteiger partial charge in [0.05, 0.1) is 0 Å². The maximum absolute atomic E-state index is 13.6. The molecular formula is C24H23FN2O2. The third kappa shape index (κ3) is 3.73. The van der Waals surface area contributed by atoms with Crippen LogP contribution < -0.4 is 10.6 Å². The average molecular weight is 390 g/mol. The van der Waals surface area contributed by atoms with Crippen LogP contribution in [0.1, 0.15) is 43.2 Å². The van der Waals surface area contributed by atoms with Crippen LogP contribution >= 0.6 is 0 Å². The molecule has 2 aliphatic rings. The quantitative estimate of drug-likeness (QED) is 0.796. The number of rotatable bonds is 3. The van der Waals surface area contributed by atoms with Gasteiger partial charge in [-0.1, -0.05) is 35.9 Å². The fourth-order valence-corrected chi connectivity index (χ4v) is 4.14. The van der Waals surface area contributed by atoms with Gasteiger partial charge in [0.1, 0.15) is 5.82 Å². The first kappa shape index (κ1) is 19.1. The number of hydrogen-bond donors (Lipinski definition) is 2. The van der Waals surface area contributed by atoms with Gasteiger partial charge in [0, 0.05) is 40.6 Å². The molecule has 2 aromatic carbocycles. The van der Waals surface area contributed by atoms with Gasteiger partial charge >= 0.3 is 0 Å². The van der Waals surface area contributed by atoms with E-state index in [1.54, 1.807) is 12.1 Å². The van der Waals surface area contributed by atoms with E-state index in [0.717, 1.165) is 35.4 Å². The van der Waals surface area contributed by atoms with Crippen molar-refractivity contribution in [2.24, 2.45) is 0 Å². The Morgan fingerprint density at radius 1 is 1.10 bits per heavy atom. The minimum absolute atomic E-state index is 0.0767. The number of amides is 1. The molecule has 4 rings (SSSR count). The first-order chi connectivity index (χ1) is 13.9. The molecule has 1 heterocycles. The zero-order chi connectivity index (χ0) is 20.5. The molecule has 0 fully saturated rings. The Hall–Kier alpha value is -3.21. The molecular weight excluding hydrogens is 367 g/mol. The minimum Gasteiger partial charge on any atom is -0.362 e. The Balaban J connectivity index is 1.78. The summed E-state index contributed by atoms with van der Waals surface area (Å²) in [4.78, 5) is 26.1. The lowest BCUT2D eigenvalue weighted by Crippen LogP contribution is -2.35. The van der Waals surface area contributed by atoms with Crippen molar-refractivity contribution in [3.05, 3.63) is 88.0 Å². The molecule has 0 radical (unpaired) electrons. The molecule has 0 bridgehead atoms. The lowest BCUT2D eigenvalue weighted by Gasteiger charge is -2.34. The van der Waals surface area contributed by atoms with Crippen LogP contribution in [0.4, 0.5) is 10.1 Å². The SMILES string of the molecule is CC1=C(C(=O)Nc2cccc(F)c2)C(c2ccc(C)cc2)C2=C(CCCC2=O)N1. The van der Waals surface area contributed by atoms with Crippen molar-refractivity contribution in [1.29, 1.82) is 0 Å².